The summed E-state index contributed by atoms with van der Waals surface area (Å²) in [4.78, 5) is 26.9. The zero-order valence-corrected chi connectivity index (χ0v) is 15.6. The van der Waals surface area contributed by atoms with Crippen LogP contribution in [-0.4, -0.2) is 29.3 Å². The number of nitrogens with zero attached hydrogens (tertiary/aromatic N) is 1. The minimum atomic E-state index is -0.596. The average Bonchev–Trinajstić information content (AvgIpc) is 2.65. The number of hydrogen-bond acceptors (Lipinski definition) is 2. The Balaban J connectivity index is 2.18. The van der Waals surface area contributed by atoms with Crippen LogP contribution in [0.4, 0.5) is 0 Å². The Labute approximate surface area is 159 Å². The van der Waals surface area contributed by atoms with Crippen molar-refractivity contribution in [1.82, 2.24) is 10.2 Å². The van der Waals surface area contributed by atoms with Gasteiger partial charge in [0, 0.05) is 18.1 Å². The molecule has 1 N–H and O–H groups in total. The highest BCUT2D eigenvalue weighted by Gasteiger charge is 2.25. The molecule has 0 fully saturated rings. The molecule has 0 bridgehead atoms. The third kappa shape index (κ3) is 5.74. The van der Waals surface area contributed by atoms with Gasteiger partial charge in [-0.2, -0.15) is 0 Å². The fourth-order valence-corrected chi connectivity index (χ4v) is 2.69. The van der Waals surface area contributed by atoms with Gasteiger partial charge in [-0.25, -0.2) is 0 Å². The Bertz CT molecular complexity index is 744. The molecule has 26 heavy (non-hydrogen) atoms. The summed E-state index contributed by atoms with van der Waals surface area (Å²) in [5.41, 5.74) is 1.83. The van der Waals surface area contributed by atoms with Crippen LogP contribution < -0.4 is 5.32 Å². The predicted octanol–water partition coefficient (Wildman–Crippen LogP) is 3.60. The van der Waals surface area contributed by atoms with Crippen LogP contribution >= 0.6 is 11.6 Å². The molecule has 0 saturated heterocycles. The molecule has 0 aliphatic carbocycles. The summed E-state index contributed by atoms with van der Waals surface area (Å²) < 4.78 is 0. The van der Waals surface area contributed by atoms with E-state index in [4.69, 9.17) is 11.6 Å². The van der Waals surface area contributed by atoms with E-state index < -0.39 is 6.04 Å². The molecule has 0 aliphatic heterocycles. The molecule has 4 nitrogen and oxygen atoms in total. The van der Waals surface area contributed by atoms with Crippen LogP contribution in [0.5, 0.6) is 0 Å². The van der Waals surface area contributed by atoms with Gasteiger partial charge in [0.15, 0.2) is 0 Å². The highest BCUT2D eigenvalue weighted by atomic mass is 35.5. The van der Waals surface area contributed by atoms with Crippen LogP contribution in [0.1, 0.15) is 18.1 Å². The summed E-state index contributed by atoms with van der Waals surface area (Å²) in [7, 11) is 0. The fraction of sp³-hybridized carbons (Fsp3) is 0.238. The van der Waals surface area contributed by atoms with Gasteiger partial charge in [0.2, 0.25) is 11.8 Å². The van der Waals surface area contributed by atoms with Crippen molar-refractivity contribution in [2.24, 2.45) is 0 Å². The van der Waals surface area contributed by atoms with E-state index in [0.29, 0.717) is 18.1 Å². The smallest absolute Gasteiger partial charge is 0.242 e. The molecule has 0 unspecified atom stereocenters. The van der Waals surface area contributed by atoms with E-state index in [1.807, 2.05) is 42.5 Å². The molecule has 0 heterocycles. The van der Waals surface area contributed by atoms with E-state index in [2.05, 4.69) is 11.9 Å². The number of carbonyl (C=O) groups is 2. The summed E-state index contributed by atoms with van der Waals surface area (Å²) >= 11 is 5.93. The van der Waals surface area contributed by atoms with Crippen molar-refractivity contribution < 1.29 is 9.59 Å². The van der Waals surface area contributed by atoms with E-state index in [0.717, 1.165) is 11.1 Å². The minimum Gasteiger partial charge on any atom is -0.351 e. The molecule has 2 aromatic carbocycles. The first-order chi connectivity index (χ1) is 12.5. The fourth-order valence-electron chi connectivity index (χ4n) is 2.56. The second kappa shape index (κ2) is 9.78. The average molecular weight is 371 g/mol. The number of benzene rings is 2. The molecule has 5 heteroatoms. The second-order valence-corrected chi connectivity index (χ2v) is 6.46. The van der Waals surface area contributed by atoms with Crippen molar-refractivity contribution in [2.45, 2.75) is 25.9 Å². The van der Waals surface area contributed by atoms with E-state index in [1.165, 1.54) is 0 Å². The van der Waals surface area contributed by atoms with Crippen LogP contribution in [0, 0.1) is 0 Å². The van der Waals surface area contributed by atoms with Crippen molar-refractivity contribution in [1.29, 1.82) is 0 Å². The topological polar surface area (TPSA) is 49.4 Å². The van der Waals surface area contributed by atoms with Crippen molar-refractivity contribution in [3.63, 3.8) is 0 Å². The molecule has 2 rings (SSSR count). The number of rotatable bonds is 8. The Morgan fingerprint density at radius 2 is 1.77 bits per heavy atom. The van der Waals surface area contributed by atoms with Gasteiger partial charge in [-0.05, 0) is 30.2 Å². The van der Waals surface area contributed by atoms with Crippen molar-refractivity contribution in [2.75, 3.05) is 6.54 Å². The highest BCUT2D eigenvalue weighted by molar-refractivity contribution is 6.30. The number of amides is 2. The van der Waals surface area contributed by atoms with Crippen LogP contribution in [0.25, 0.3) is 0 Å². The molecular formula is C21H23ClN2O2. The first-order valence-electron chi connectivity index (χ1n) is 8.47. The minimum absolute atomic E-state index is 0.104. The van der Waals surface area contributed by atoms with Crippen molar-refractivity contribution >= 4 is 23.4 Å². The largest absolute Gasteiger partial charge is 0.351 e. The van der Waals surface area contributed by atoms with Gasteiger partial charge in [-0.15, -0.1) is 6.58 Å². The molecule has 0 radical (unpaired) electrons. The molecule has 0 saturated carbocycles. The lowest BCUT2D eigenvalue weighted by Crippen LogP contribution is -2.48. The maximum absolute atomic E-state index is 12.9. The zero-order valence-electron chi connectivity index (χ0n) is 14.8. The van der Waals surface area contributed by atoms with Gasteiger partial charge in [-0.3, -0.25) is 9.59 Å². The third-order valence-corrected chi connectivity index (χ3v) is 4.30. The molecular weight excluding hydrogens is 348 g/mol. The maximum Gasteiger partial charge on any atom is 0.242 e. The second-order valence-electron chi connectivity index (χ2n) is 6.02. The van der Waals surface area contributed by atoms with Gasteiger partial charge in [0.25, 0.3) is 0 Å². The maximum atomic E-state index is 12.9. The molecule has 0 spiro atoms. The SMILES string of the molecule is C=CCNC(=O)[C@@H](C)N(Cc1ccc(Cl)cc1)C(=O)Cc1ccccc1. The summed E-state index contributed by atoms with van der Waals surface area (Å²) in [6.45, 7) is 6.03. The van der Waals surface area contributed by atoms with Crippen LogP contribution in [0.15, 0.2) is 67.3 Å². The first-order valence-corrected chi connectivity index (χ1v) is 8.85. The lowest BCUT2D eigenvalue weighted by molar-refractivity contribution is -0.140. The molecule has 136 valence electrons. The van der Waals surface area contributed by atoms with E-state index in [9.17, 15) is 9.59 Å². The molecule has 2 aromatic rings. The quantitative estimate of drug-likeness (QED) is 0.722. The summed E-state index contributed by atoms with van der Waals surface area (Å²) in [6.07, 6.45) is 1.85. The Morgan fingerprint density at radius 1 is 1.12 bits per heavy atom. The van der Waals surface area contributed by atoms with E-state index >= 15 is 0 Å². The molecule has 0 aromatic heterocycles. The van der Waals surface area contributed by atoms with Crippen LogP contribution in [0.2, 0.25) is 5.02 Å². The van der Waals surface area contributed by atoms with Gasteiger partial charge in [0.1, 0.15) is 6.04 Å². The molecule has 1 atom stereocenters. The van der Waals surface area contributed by atoms with Crippen molar-refractivity contribution in [3.05, 3.63) is 83.4 Å². The normalized spacial score (nSPS) is 11.5. The van der Waals surface area contributed by atoms with Gasteiger partial charge < -0.3 is 10.2 Å². The summed E-state index contributed by atoms with van der Waals surface area (Å²) in [5, 5.41) is 3.39. The predicted molar refractivity (Wildman–Crippen MR) is 105 cm³/mol. The number of halogens is 1. The van der Waals surface area contributed by atoms with Gasteiger partial charge in [-0.1, -0.05) is 60.1 Å². The summed E-state index contributed by atoms with van der Waals surface area (Å²) in [5.74, 6) is -0.312. The van der Waals surface area contributed by atoms with Crippen LogP contribution in [-0.2, 0) is 22.6 Å². The molecule has 0 aliphatic rings. The van der Waals surface area contributed by atoms with Crippen molar-refractivity contribution in [3.8, 4) is 0 Å². The Morgan fingerprint density at radius 3 is 2.38 bits per heavy atom. The lowest BCUT2D eigenvalue weighted by atomic mass is 10.1. The number of hydrogen-bond donors (Lipinski definition) is 1. The van der Waals surface area contributed by atoms with Crippen LogP contribution in [0.3, 0.4) is 0 Å². The van der Waals surface area contributed by atoms with E-state index in [1.54, 1.807) is 30.0 Å². The standard InChI is InChI=1S/C21H23ClN2O2/c1-3-13-23-21(26)16(2)24(15-18-9-11-19(22)12-10-18)20(25)14-17-7-5-4-6-8-17/h3-12,16H,1,13-15H2,2H3,(H,23,26)/t16-/m1/s1. The number of nitrogens with one attached hydrogen (secondary N) is 1. The third-order valence-electron chi connectivity index (χ3n) is 4.05. The lowest BCUT2D eigenvalue weighted by Gasteiger charge is -2.29. The Hall–Kier alpha value is -2.59. The summed E-state index contributed by atoms with van der Waals surface area (Å²) in [6, 6.07) is 16.2. The van der Waals surface area contributed by atoms with E-state index in [-0.39, 0.29) is 18.2 Å². The molecule has 2 amide bonds. The first kappa shape index (κ1) is 19.7. The zero-order chi connectivity index (χ0) is 18.9. The Kier molecular flexibility index (Phi) is 7.42. The highest BCUT2D eigenvalue weighted by Crippen LogP contribution is 2.15. The monoisotopic (exact) mass is 370 g/mol. The van der Waals surface area contributed by atoms with Gasteiger partial charge in [0.05, 0.1) is 6.42 Å². The van der Waals surface area contributed by atoms with Gasteiger partial charge >= 0.3 is 0 Å². The number of carbonyl (C=O) groups excluding carboxylic acids is 2.